The Morgan fingerprint density at radius 1 is 1.38 bits per heavy atom. The van der Waals surface area contributed by atoms with Crippen molar-refractivity contribution >= 4 is 5.91 Å². The fourth-order valence-corrected chi connectivity index (χ4v) is 2.12. The zero-order chi connectivity index (χ0) is 15.3. The minimum absolute atomic E-state index is 0.00783. The lowest BCUT2D eigenvalue weighted by Gasteiger charge is -2.32. The zero-order valence-electron chi connectivity index (χ0n) is 11.4. The van der Waals surface area contributed by atoms with Gasteiger partial charge >= 0.3 is 6.61 Å². The first kappa shape index (κ1) is 15.7. The number of ether oxygens (including phenoxy) is 2. The molecule has 1 aromatic carbocycles. The van der Waals surface area contributed by atoms with Crippen LogP contribution in [0, 0.1) is 0 Å². The van der Waals surface area contributed by atoms with Gasteiger partial charge in [-0.2, -0.15) is 8.78 Å². The van der Waals surface area contributed by atoms with Gasteiger partial charge in [0.1, 0.15) is 5.75 Å². The largest absolute Gasteiger partial charge is 0.434 e. The molecule has 2 N–H and O–H groups in total. The summed E-state index contributed by atoms with van der Waals surface area (Å²) in [7, 11) is 0. The lowest BCUT2D eigenvalue weighted by Crippen LogP contribution is -2.46. The number of amides is 1. The standard InChI is InChI=1S/C14H17F2NO4/c15-13(16)21-11-4-2-1-3-10(11)12(18)17-9-14(19)5-7-20-8-6-14/h1-4,13,19H,5-9H2,(H,17,18). The van der Waals surface area contributed by atoms with Gasteiger partial charge < -0.3 is 19.9 Å². The molecular formula is C14H17F2NO4. The number of carbonyl (C=O) groups is 1. The van der Waals surface area contributed by atoms with Gasteiger partial charge in [0.05, 0.1) is 11.2 Å². The van der Waals surface area contributed by atoms with Crippen LogP contribution in [0.15, 0.2) is 24.3 Å². The molecule has 0 bridgehead atoms. The third kappa shape index (κ3) is 4.37. The first-order valence-corrected chi connectivity index (χ1v) is 6.62. The first-order chi connectivity index (χ1) is 10.0. The second-order valence-corrected chi connectivity index (χ2v) is 4.89. The van der Waals surface area contributed by atoms with Crippen molar-refractivity contribution in [1.82, 2.24) is 5.32 Å². The van der Waals surface area contributed by atoms with Gasteiger partial charge in [0.25, 0.3) is 5.91 Å². The summed E-state index contributed by atoms with van der Waals surface area (Å²) < 4.78 is 34.0. The van der Waals surface area contributed by atoms with Crippen LogP contribution in [0.25, 0.3) is 0 Å². The van der Waals surface area contributed by atoms with Crippen LogP contribution >= 0.6 is 0 Å². The van der Waals surface area contributed by atoms with E-state index in [1.807, 2.05) is 0 Å². The highest BCUT2D eigenvalue weighted by atomic mass is 19.3. The van der Waals surface area contributed by atoms with Crippen molar-refractivity contribution in [2.75, 3.05) is 19.8 Å². The average molecular weight is 301 g/mol. The number of hydrogen-bond acceptors (Lipinski definition) is 4. The Kier molecular flexibility index (Phi) is 5.08. The van der Waals surface area contributed by atoms with E-state index < -0.39 is 18.1 Å². The zero-order valence-corrected chi connectivity index (χ0v) is 11.4. The topological polar surface area (TPSA) is 67.8 Å². The summed E-state index contributed by atoms with van der Waals surface area (Å²) >= 11 is 0. The SMILES string of the molecule is O=C(NCC1(O)CCOCC1)c1ccccc1OC(F)F. The van der Waals surface area contributed by atoms with Gasteiger partial charge in [-0.05, 0) is 12.1 Å². The predicted octanol–water partition coefficient (Wildman–Crippen LogP) is 1.56. The molecule has 0 saturated carbocycles. The van der Waals surface area contributed by atoms with Crippen LogP contribution < -0.4 is 10.1 Å². The number of nitrogens with one attached hydrogen (secondary N) is 1. The van der Waals surface area contributed by atoms with Gasteiger partial charge in [-0.15, -0.1) is 0 Å². The number of benzene rings is 1. The van der Waals surface area contributed by atoms with Crippen molar-refractivity contribution in [1.29, 1.82) is 0 Å². The van der Waals surface area contributed by atoms with Crippen molar-refractivity contribution in [3.63, 3.8) is 0 Å². The molecular weight excluding hydrogens is 284 g/mol. The van der Waals surface area contributed by atoms with Gasteiger partial charge in [0, 0.05) is 32.6 Å². The fraction of sp³-hybridized carbons (Fsp3) is 0.500. The maximum absolute atomic E-state index is 12.3. The summed E-state index contributed by atoms with van der Waals surface area (Å²) in [6.45, 7) is -2.11. The fourth-order valence-electron chi connectivity index (χ4n) is 2.12. The normalized spacial score (nSPS) is 17.5. The van der Waals surface area contributed by atoms with Crippen LogP contribution in [0.2, 0.25) is 0 Å². The first-order valence-electron chi connectivity index (χ1n) is 6.62. The highest BCUT2D eigenvalue weighted by molar-refractivity contribution is 5.96. The number of hydrogen-bond donors (Lipinski definition) is 2. The molecule has 0 atom stereocenters. The van der Waals surface area contributed by atoms with E-state index in [1.54, 1.807) is 6.07 Å². The van der Waals surface area contributed by atoms with Crippen molar-refractivity contribution < 1.29 is 28.2 Å². The molecule has 0 aromatic heterocycles. The van der Waals surface area contributed by atoms with Gasteiger partial charge in [0.2, 0.25) is 0 Å². The minimum atomic E-state index is -3.00. The number of carbonyl (C=O) groups excluding carboxylic acids is 1. The van der Waals surface area contributed by atoms with E-state index in [9.17, 15) is 18.7 Å². The number of rotatable bonds is 5. The summed E-state index contributed by atoms with van der Waals surface area (Å²) in [5, 5.41) is 12.8. The van der Waals surface area contributed by atoms with E-state index in [0.717, 1.165) is 0 Å². The summed E-state index contributed by atoms with van der Waals surface area (Å²) in [6, 6.07) is 5.74. The Hall–Kier alpha value is -1.73. The van der Waals surface area contributed by atoms with Gasteiger partial charge in [-0.25, -0.2) is 0 Å². The molecule has 1 amide bonds. The number of para-hydroxylation sites is 1. The Bertz CT molecular complexity index is 490. The van der Waals surface area contributed by atoms with E-state index in [4.69, 9.17) is 4.74 Å². The molecule has 5 nitrogen and oxygen atoms in total. The minimum Gasteiger partial charge on any atom is -0.434 e. The van der Waals surface area contributed by atoms with Crippen molar-refractivity contribution in [2.24, 2.45) is 0 Å². The number of aliphatic hydroxyl groups is 1. The predicted molar refractivity (Wildman–Crippen MR) is 70.4 cm³/mol. The summed E-state index contributed by atoms with van der Waals surface area (Å²) in [4.78, 5) is 12.1. The molecule has 0 spiro atoms. The molecule has 1 heterocycles. The molecule has 0 radical (unpaired) electrons. The van der Waals surface area contributed by atoms with Crippen molar-refractivity contribution in [3.8, 4) is 5.75 Å². The number of alkyl halides is 2. The summed E-state index contributed by atoms with van der Waals surface area (Å²) in [5.41, 5.74) is -1.01. The van der Waals surface area contributed by atoms with Crippen LogP contribution in [0.5, 0.6) is 5.75 Å². The second kappa shape index (κ2) is 6.82. The van der Waals surface area contributed by atoms with Crippen LogP contribution in [0.3, 0.4) is 0 Å². The monoisotopic (exact) mass is 301 g/mol. The third-order valence-corrected chi connectivity index (χ3v) is 3.35. The second-order valence-electron chi connectivity index (χ2n) is 4.89. The van der Waals surface area contributed by atoms with Crippen molar-refractivity contribution in [2.45, 2.75) is 25.1 Å². The van der Waals surface area contributed by atoms with E-state index in [2.05, 4.69) is 10.1 Å². The Labute approximate surface area is 120 Å². The molecule has 1 saturated heterocycles. The van der Waals surface area contributed by atoms with Gasteiger partial charge in [-0.3, -0.25) is 4.79 Å². The van der Waals surface area contributed by atoms with E-state index in [-0.39, 0.29) is 17.9 Å². The highest BCUT2D eigenvalue weighted by Gasteiger charge is 2.30. The maximum atomic E-state index is 12.3. The molecule has 1 aromatic rings. The van der Waals surface area contributed by atoms with Gasteiger partial charge in [-0.1, -0.05) is 12.1 Å². The molecule has 21 heavy (non-hydrogen) atoms. The highest BCUT2D eigenvalue weighted by Crippen LogP contribution is 2.22. The summed E-state index contributed by atoms with van der Waals surface area (Å²) in [6.07, 6.45) is 0.838. The quantitative estimate of drug-likeness (QED) is 0.866. The molecule has 7 heteroatoms. The third-order valence-electron chi connectivity index (χ3n) is 3.35. The molecule has 1 aliphatic rings. The summed E-state index contributed by atoms with van der Waals surface area (Å²) in [5.74, 6) is -0.755. The molecule has 1 aliphatic heterocycles. The maximum Gasteiger partial charge on any atom is 0.387 e. The molecule has 0 unspecified atom stereocenters. The van der Waals surface area contributed by atoms with E-state index in [1.165, 1.54) is 18.2 Å². The lowest BCUT2D eigenvalue weighted by molar-refractivity contribution is -0.0608. The average Bonchev–Trinajstić information content (AvgIpc) is 2.46. The number of halogens is 2. The molecule has 0 aliphatic carbocycles. The molecule has 116 valence electrons. The lowest BCUT2D eigenvalue weighted by atomic mass is 9.94. The molecule has 1 fully saturated rings. The smallest absolute Gasteiger partial charge is 0.387 e. The van der Waals surface area contributed by atoms with E-state index in [0.29, 0.717) is 26.1 Å². The van der Waals surface area contributed by atoms with E-state index >= 15 is 0 Å². The Balaban J connectivity index is 2.00. The van der Waals surface area contributed by atoms with Crippen molar-refractivity contribution in [3.05, 3.63) is 29.8 Å². The molecule has 2 rings (SSSR count). The van der Waals surface area contributed by atoms with Crippen LogP contribution in [-0.2, 0) is 4.74 Å². The van der Waals surface area contributed by atoms with Crippen LogP contribution in [-0.4, -0.2) is 43.0 Å². The Morgan fingerprint density at radius 3 is 2.71 bits per heavy atom. The van der Waals surface area contributed by atoms with Crippen LogP contribution in [0.4, 0.5) is 8.78 Å². The Morgan fingerprint density at radius 2 is 2.05 bits per heavy atom. The van der Waals surface area contributed by atoms with Gasteiger partial charge in [0.15, 0.2) is 0 Å². The van der Waals surface area contributed by atoms with Crippen LogP contribution in [0.1, 0.15) is 23.2 Å².